The minimum atomic E-state index is -0.225. The Hall–Kier alpha value is -1.09. The number of benzene rings is 1. The maximum absolute atomic E-state index is 13.1. The van der Waals surface area contributed by atoms with E-state index in [4.69, 9.17) is 10.5 Å². The van der Waals surface area contributed by atoms with Crippen molar-refractivity contribution >= 4 is 0 Å². The molecule has 0 aromatic heterocycles. The summed E-state index contributed by atoms with van der Waals surface area (Å²) in [7, 11) is 0. The van der Waals surface area contributed by atoms with E-state index in [1.165, 1.54) is 12.1 Å². The van der Waals surface area contributed by atoms with E-state index >= 15 is 0 Å². The molecule has 1 atom stereocenters. The van der Waals surface area contributed by atoms with Crippen LogP contribution in [0.25, 0.3) is 0 Å². The first kappa shape index (κ1) is 8.51. The Labute approximate surface area is 76.5 Å². The number of halogens is 1. The molecule has 0 amide bonds. The van der Waals surface area contributed by atoms with Crippen LogP contribution >= 0.6 is 0 Å². The number of aryl methyl sites for hydroxylation is 1. The molecule has 2 rings (SSSR count). The highest BCUT2D eigenvalue weighted by molar-refractivity contribution is 5.46. The highest BCUT2D eigenvalue weighted by Gasteiger charge is 2.23. The normalized spacial score (nSPS) is 19.8. The zero-order valence-corrected chi connectivity index (χ0v) is 7.51. The fourth-order valence-electron chi connectivity index (χ4n) is 1.65. The van der Waals surface area contributed by atoms with Gasteiger partial charge in [0.05, 0.1) is 6.04 Å². The largest absolute Gasteiger partial charge is 0.491 e. The number of hydrogen-bond donors (Lipinski definition) is 1. The van der Waals surface area contributed by atoms with E-state index in [9.17, 15) is 4.39 Å². The number of hydrogen-bond acceptors (Lipinski definition) is 2. The number of fused-ring (bicyclic) bond motifs is 1. The molecule has 3 heteroatoms. The lowest BCUT2D eigenvalue weighted by molar-refractivity contribution is 0.330. The van der Waals surface area contributed by atoms with Gasteiger partial charge in [-0.2, -0.15) is 0 Å². The molecule has 70 valence electrons. The molecule has 1 heterocycles. The second kappa shape index (κ2) is 3.00. The topological polar surface area (TPSA) is 35.2 Å². The van der Waals surface area contributed by atoms with E-state index in [1.807, 2.05) is 6.92 Å². The molecule has 1 aliphatic heterocycles. The Morgan fingerprint density at radius 3 is 3.08 bits per heavy atom. The number of ether oxygens (including phenoxy) is 1. The van der Waals surface area contributed by atoms with Gasteiger partial charge in [0.25, 0.3) is 0 Å². The summed E-state index contributed by atoms with van der Waals surface area (Å²) in [6.07, 6.45) is 0.771. The number of nitrogens with two attached hydrogens (primary N) is 1. The van der Waals surface area contributed by atoms with E-state index in [-0.39, 0.29) is 11.9 Å². The molecular formula is C10H12FNO. The average molecular weight is 181 g/mol. The third kappa shape index (κ3) is 1.29. The van der Waals surface area contributed by atoms with Crippen LogP contribution in [-0.4, -0.2) is 6.61 Å². The van der Waals surface area contributed by atoms with Gasteiger partial charge in [-0.25, -0.2) is 4.39 Å². The lowest BCUT2D eigenvalue weighted by Gasteiger charge is -2.05. The third-order valence-corrected chi connectivity index (χ3v) is 2.35. The summed E-state index contributed by atoms with van der Waals surface area (Å²) < 4.78 is 18.5. The van der Waals surface area contributed by atoms with Gasteiger partial charge in [-0.05, 0) is 24.1 Å². The van der Waals surface area contributed by atoms with Gasteiger partial charge in [0, 0.05) is 5.56 Å². The van der Waals surface area contributed by atoms with Gasteiger partial charge in [0.1, 0.15) is 18.2 Å². The zero-order chi connectivity index (χ0) is 9.42. The second-order valence-electron chi connectivity index (χ2n) is 3.25. The molecule has 0 spiro atoms. The molecule has 0 bridgehead atoms. The van der Waals surface area contributed by atoms with Crippen molar-refractivity contribution in [3.63, 3.8) is 0 Å². The van der Waals surface area contributed by atoms with Crippen molar-refractivity contribution in [3.05, 3.63) is 29.1 Å². The van der Waals surface area contributed by atoms with Crippen molar-refractivity contribution < 1.29 is 9.13 Å². The van der Waals surface area contributed by atoms with Crippen LogP contribution in [0, 0.1) is 5.82 Å². The molecule has 0 aliphatic carbocycles. The molecule has 0 saturated carbocycles. The van der Waals surface area contributed by atoms with E-state index in [0.717, 1.165) is 23.3 Å². The Morgan fingerprint density at radius 1 is 1.62 bits per heavy atom. The average Bonchev–Trinajstić information content (AvgIpc) is 2.47. The van der Waals surface area contributed by atoms with Crippen LogP contribution in [0.3, 0.4) is 0 Å². The third-order valence-electron chi connectivity index (χ3n) is 2.35. The van der Waals surface area contributed by atoms with E-state index in [1.54, 1.807) is 0 Å². The van der Waals surface area contributed by atoms with Gasteiger partial charge < -0.3 is 10.5 Å². The number of rotatable bonds is 1. The molecule has 0 unspecified atom stereocenters. The summed E-state index contributed by atoms with van der Waals surface area (Å²) in [5.74, 6) is 0.563. The van der Waals surface area contributed by atoms with Crippen LogP contribution in [0.4, 0.5) is 4.39 Å². The fourth-order valence-corrected chi connectivity index (χ4v) is 1.65. The molecule has 0 fully saturated rings. The molecule has 1 aromatic carbocycles. The smallest absolute Gasteiger partial charge is 0.127 e. The summed E-state index contributed by atoms with van der Waals surface area (Å²) in [5.41, 5.74) is 7.46. The van der Waals surface area contributed by atoms with Crippen LogP contribution < -0.4 is 10.5 Å². The summed E-state index contributed by atoms with van der Waals surface area (Å²) >= 11 is 0. The molecule has 2 N–H and O–H groups in total. The second-order valence-corrected chi connectivity index (χ2v) is 3.25. The quantitative estimate of drug-likeness (QED) is 0.716. The van der Waals surface area contributed by atoms with Crippen molar-refractivity contribution in [1.29, 1.82) is 0 Å². The Kier molecular flexibility index (Phi) is 1.96. The maximum atomic E-state index is 13.1. The summed E-state index contributed by atoms with van der Waals surface area (Å²) in [6, 6.07) is 2.80. The molecule has 0 radical (unpaired) electrons. The van der Waals surface area contributed by atoms with Crippen LogP contribution in [0.2, 0.25) is 0 Å². The fraction of sp³-hybridized carbons (Fsp3) is 0.400. The molecule has 1 aromatic rings. The lowest BCUT2D eigenvalue weighted by atomic mass is 10.0. The molecule has 1 aliphatic rings. The van der Waals surface area contributed by atoms with Crippen LogP contribution in [0.1, 0.15) is 24.1 Å². The van der Waals surface area contributed by atoms with Crippen LogP contribution in [0.5, 0.6) is 5.75 Å². The van der Waals surface area contributed by atoms with Crippen molar-refractivity contribution in [2.24, 2.45) is 5.73 Å². The summed E-state index contributed by atoms with van der Waals surface area (Å²) in [5, 5.41) is 0. The Bertz CT molecular complexity index is 338. The first-order valence-corrected chi connectivity index (χ1v) is 4.43. The van der Waals surface area contributed by atoms with Gasteiger partial charge in [-0.15, -0.1) is 0 Å². The predicted octanol–water partition coefficient (Wildman–Crippen LogP) is 1.78. The SMILES string of the molecule is CCc1cc(F)cc2c1OC[C@@H]2N. The predicted molar refractivity (Wildman–Crippen MR) is 48.2 cm³/mol. The summed E-state index contributed by atoms with van der Waals surface area (Å²) in [4.78, 5) is 0. The molecule has 0 saturated heterocycles. The van der Waals surface area contributed by atoms with Crippen LogP contribution in [0.15, 0.2) is 12.1 Å². The van der Waals surface area contributed by atoms with Gasteiger partial charge in [0.15, 0.2) is 0 Å². The lowest BCUT2D eigenvalue weighted by Crippen LogP contribution is -2.10. The maximum Gasteiger partial charge on any atom is 0.127 e. The minimum Gasteiger partial charge on any atom is -0.491 e. The molecule has 2 nitrogen and oxygen atoms in total. The van der Waals surface area contributed by atoms with Crippen molar-refractivity contribution in [2.45, 2.75) is 19.4 Å². The highest BCUT2D eigenvalue weighted by atomic mass is 19.1. The van der Waals surface area contributed by atoms with Gasteiger partial charge in [0.2, 0.25) is 0 Å². The minimum absolute atomic E-state index is 0.170. The van der Waals surface area contributed by atoms with E-state index < -0.39 is 0 Å². The van der Waals surface area contributed by atoms with Crippen molar-refractivity contribution in [2.75, 3.05) is 6.61 Å². The van der Waals surface area contributed by atoms with Gasteiger partial charge in [-0.3, -0.25) is 0 Å². The van der Waals surface area contributed by atoms with Crippen molar-refractivity contribution in [1.82, 2.24) is 0 Å². The monoisotopic (exact) mass is 181 g/mol. The van der Waals surface area contributed by atoms with E-state index in [2.05, 4.69) is 0 Å². The summed E-state index contributed by atoms with van der Waals surface area (Å²) in [6.45, 7) is 2.44. The molecule has 13 heavy (non-hydrogen) atoms. The van der Waals surface area contributed by atoms with E-state index in [0.29, 0.717) is 6.61 Å². The van der Waals surface area contributed by atoms with Crippen molar-refractivity contribution in [3.8, 4) is 5.75 Å². The first-order valence-electron chi connectivity index (χ1n) is 4.43. The highest BCUT2D eigenvalue weighted by Crippen LogP contribution is 2.35. The Balaban J connectivity index is 2.56. The Morgan fingerprint density at radius 2 is 2.38 bits per heavy atom. The zero-order valence-electron chi connectivity index (χ0n) is 7.51. The molecular weight excluding hydrogens is 169 g/mol. The van der Waals surface area contributed by atoms with Gasteiger partial charge >= 0.3 is 0 Å². The van der Waals surface area contributed by atoms with Gasteiger partial charge in [-0.1, -0.05) is 6.92 Å². The first-order chi connectivity index (χ1) is 6.22. The van der Waals surface area contributed by atoms with Crippen LogP contribution in [-0.2, 0) is 6.42 Å². The standard InChI is InChI=1S/C10H12FNO/c1-2-6-3-7(11)4-8-9(12)5-13-10(6)8/h3-4,9H,2,5,12H2,1H3/t9-/m0/s1.